The smallest absolute Gasteiger partial charge is 0.407 e. The van der Waals surface area contributed by atoms with Crippen LogP contribution in [0, 0.1) is 23.6 Å². The molecule has 1 N–H and O–H groups in total. The normalized spacial score (nSPS) is 24.4. The number of ether oxygens (including phenoxy) is 1. The summed E-state index contributed by atoms with van der Waals surface area (Å²) in [5.41, 5.74) is 2.06. The minimum atomic E-state index is -3.73. The van der Waals surface area contributed by atoms with E-state index < -0.39 is 32.8 Å². The van der Waals surface area contributed by atoms with E-state index >= 15 is 4.39 Å². The average molecular weight is 918 g/mol. The number of nitrogens with one attached hydrogen (secondary N) is 1. The van der Waals surface area contributed by atoms with Gasteiger partial charge >= 0.3 is 6.09 Å². The summed E-state index contributed by atoms with van der Waals surface area (Å²) in [6, 6.07) is 12.5. The molecule has 5 aliphatic heterocycles. The van der Waals surface area contributed by atoms with Gasteiger partial charge in [-0.15, -0.1) is 5.10 Å². The third kappa shape index (κ3) is 9.98. The Bertz CT molecular complexity index is 2250. The highest BCUT2D eigenvalue weighted by Gasteiger charge is 2.53. The van der Waals surface area contributed by atoms with Crippen molar-refractivity contribution < 1.29 is 31.5 Å². The zero-order valence-corrected chi connectivity index (χ0v) is 38.5. The van der Waals surface area contributed by atoms with Gasteiger partial charge in [0.05, 0.1) is 24.7 Å². The molecular formula is C48H65F2N9O5S. The molecule has 0 radical (unpaired) electrons. The van der Waals surface area contributed by atoms with Crippen LogP contribution in [0.1, 0.15) is 62.5 Å². The molecule has 1 aliphatic carbocycles. The van der Waals surface area contributed by atoms with Crippen LogP contribution in [0.3, 0.4) is 0 Å². The highest BCUT2D eigenvalue weighted by atomic mass is 32.2. The first-order valence-corrected chi connectivity index (χ1v) is 25.4. The Morgan fingerprint density at radius 3 is 2.40 bits per heavy atom. The summed E-state index contributed by atoms with van der Waals surface area (Å²) in [7, 11) is -2.35. The number of amides is 2. The third-order valence-corrected chi connectivity index (χ3v) is 17.6. The number of hydrogen-bond acceptors (Lipinski definition) is 11. The van der Waals surface area contributed by atoms with E-state index in [1.54, 1.807) is 35.4 Å². The first-order valence-electron chi connectivity index (χ1n) is 23.8. The third-order valence-electron chi connectivity index (χ3n) is 15.4. The lowest BCUT2D eigenvalue weighted by molar-refractivity contribution is -0.129. The molecule has 352 valence electrons. The van der Waals surface area contributed by atoms with E-state index in [-0.39, 0.29) is 60.7 Å². The number of nitrogens with zero attached hydrogens (tertiary/aromatic N) is 8. The molecule has 5 saturated heterocycles. The number of hydrogen-bond donors (Lipinski definition) is 1. The van der Waals surface area contributed by atoms with Crippen LogP contribution in [-0.4, -0.2) is 158 Å². The number of sulfone groups is 1. The molecular weight excluding hydrogens is 853 g/mol. The number of halogens is 2. The van der Waals surface area contributed by atoms with Crippen LogP contribution < -0.4 is 10.2 Å². The number of aromatic nitrogens is 3. The zero-order valence-electron chi connectivity index (χ0n) is 37.7. The number of alkyl halides is 1. The molecule has 9 rings (SSSR count). The van der Waals surface area contributed by atoms with Gasteiger partial charge in [0.1, 0.15) is 17.2 Å². The van der Waals surface area contributed by atoms with Crippen molar-refractivity contribution >= 4 is 27.5 Å². The van der Waals surface area contributed by atoms with Crippen molar-refractivity contribution in [2.45, 2.75) is 92.2 Å². The van der Waals surface area contributed by atoms with Gasteiger partial charge in [0.2, 0.25) is 5.91 Å². The Balaban J connectivity index is 0.839. The van der Waals surface area contributed by atoms with Gasteiger partial charge in [0.25, 0.3) is 0 Å². The Labute approximate surface area is 382 Å². The molecule has 3 aromatic rings. The monoisotopic (exact) mass is 917 g/mol. The van der Waals surface area contributed by atoms with Gasteiger partial charge in [0, 0.05) is 94.2 Å². The summed E-state index contributed by atoms with van der Waals surface area (Å²) in [4.78, 5) is 36.5. The number of piperidine rings is 2. The number of anilines is 1. The van der Waals surface area contributed by atoms with Crippen LogP contribution in [0.5, 0.6) is 0 Å². The molecule has 17 heteroatoms. The Morgan fingerprint density at radius 1 is 0.908 bits per heavy atom. The molecule has 1 saturated carbocycles. The number of alkyl carbamates (subject to hydrolysis) is 1. The molecule has 2 aromatic carbocycles. The summed E-state index contributed by atoms with van der Waals surface area (Å²) < 4.78 is 64.2. The second-order valence-electron chi connectivity index (χ2n) is 19.5. The minimum absolute atomic E-state index is 0.0317. The quantitative estimate of drug-likeness (QED) is 0.197. The molecule has 14 nitrogen and oxygen atoms in total. The largest absolute Gasteiger partial charge is 0.453 e. The maximum atomic E-state index is 15.1. The van der Waals surface area contributed by atoms with Gasteiger partial charge in [0.15, 0.2) is 9.84 Å². The number of carbonyl (C=O) groups excluding carboxylic acids is 2. The molecule has 0 unspecified atom stereocenters. The topological polar surface area (TPSA) is 136 Å². The van der Waals surface area contributed by atoms with Gasteiger partial charge in [-0.2, -0.15) is 0 Å². The van der Waals surface area contributed by atoms with E-state index in [0.29, 0.717) is 24.6 Å². The fourth-order valence-electron chi connectivity index (χ4n) is 11.9. The van der Waals surface area contributed by atoms with E-state index in [1.165, 1.54) is 32.4 Å². The van der Waals surface area contributed by atoms with Crippen LogP contribution in [0.2, 0.25) is 0 Å². The lowest BCUT2D eigenvalue weighted by Gasteiger charge is -2.51. The second kappa shape index (κ2) is 19.8. The number of carbonyl (C=O) groups is 2. The van der Waals surface area contributed by atoms with Crippen molar-refractivity contribution in [1.82, 2.24) is 39.9 Å². The van der Waals surface area contributed by atoms with Gasteiger partial charge in [-0.1, -0.05) is 36.3 Å². The van der Waals surface area contributed by atoms with Crippen molar-refractivity contribution in [2.75, 3.05) is 90.5 Å². The van der Waals surface area contributed by atoms with E-state index in [1.807, 2.05) is 40.1 Å². The Kier molecular flexibility index (Phi) is 13.9. The number of rotatable bonds is 16. The standard InChI is InChI=1S/C48H65F2N9O5S/c1-64-47(61)52-44-11-6-10-43(44)48(34-59-23-17-51-53-59,38-8-5-9-39(49)25-38)37-15-21-55(22-16-37)26-35-27-57(28-35)41-13-14-45(36(24-41)29-56-30-40(50)31-56)65(62,63)42-32-58(33-42)46(60)12-7-20-54-18-3-2-4-19-54/h5,7-9,12-14,17,23-25,35,37,40,42-44H,2-4,6,10-11,15-16,18-22,26-34H2,1H3,(H,52,61)/b12-7+/t43-,44-,48-/m0/s1. The number of methoxy groups -OCH3 is 1. The summed E-state index contributed by atoms with van der Waals surface area (Å²) in [6.45, 7) is 9.00. The maximum Gasteiger partial charge on any atom is 0.407 e. The Morgan fingerprint density at radius 2 is 1.69 bits per heavy atom. The Hall–Kier alpha value is -4.45. The fraction of sp³-hybridized carbons (Fsp3) is 0.625. The van der Waals surface area contributed by atoms with Gasteiger partial charge in [-0.3, -0.25) is 19.3 Å². The van der Waals surface area contributed by atoms with Crippen LogP contribution >= 0.6 is 0 Å². The first kappa shape index (κ1) is 45.7. The predicted molar refractivity (Wildman–Crippen MR) is 243 cm³/mol. The predicted octanol–water partition coefficient (Wildman–Crippen LogP) is 4.91. The van der Waals surface area contributed by atoms with Gasteiger partial charge in [-0.05, 0) is 118 Å². The van der Waals surface area contributed by atoms with Crippen molar-refractivity contribution in [1.29, 1.82) is 0 Å². The second-order valence-corrected chi connectivity index (χ2v) is 21.7. The highest BCUT2D eigenvalue weighted by molar-refractivity contribution is 7.92. The number of benzene rings is 2. The van der Waals surface area contributed by atoms with Crippen molar-refractivity contribution in [3.63, 3.8) is 0 Å². The van der Waals surface area contributed by atoms with Crippen molar-refractivity contribution in [3.05, 3.63) is 84.0 Å². The summed E-state index contributed by atoms with van der Waals surface area (Å²) in [5, 5.41) is 11.0. The van der Waals surface area contributed by atoms with Crippen molar-refractivity contribution in [2.24, 2.45) is 17.8 Å². The van der Waals surface area contributed by atoms with Crippen LogP contribution in [0.25, 0.3) is 0 Å². The average Bonchev–Trinajstić information content (AvgIpc) is 3.96. The lowest BCUT2D eigenvalue weighted by atomic mass is 9.58. The fourth-order valence-corrected chi connectivity index (χ4v) is 13.7. The van der Waals surface area contributed by atoms with Crippen molar-refractivity contribution in [3.8, 4) is 0 Å². The van der Waals surface area contributed by atoms with Crippen LogP contribution in [0.15, 0.2) is 71.9 Å². The molecule has 65 heavy (non-hydrogen) atoms. The number of likely N-dealkylation sites (tertiary alicyclic amines) is 4. The minimum Gasteiger partial charge on any atom is -0.453 e. The summed E-state index contributed by atoms with van der Waals surface area (Å²) in [5.74, 6) is 0.219. The van der Waals surface area contributed by atoms with Gasteiger partial charge in [-0.25, -0.2) is 22.0 Å². The molecule has 6 fully saturated rings. The van der Waals surface area contributed by atoms with E-state index in [2.05, 4.69) is 30.3 Å². The van der Waals surface area contributed by atoms with Crippen LogP contribution in [0.4, 0.5) is 19.3 Å². The van der Waals surface area contributed by atoms with Gasteiger partial charge < -0.3 is 24.8 Å². The lowest BCUT2D eigenvalue weighted by Crippen LogP contribution is -2.56. The van der Waals surface area contributed by atoms with E-state index in [4.69, 9.17) is 4.74 Å². The summed E-state index contributed by atoms with van der Waals surface area (Å²) >= 11 is 0. The molecule has 2 amide bonds. The molecule has 0 bridgehead atoms. The molecule has 3 atom stereocenters. The molecule has 0 spiro atoms. The highest BCUT2D eigenvalue weighted by Crippen LogP contribution is 2.52. The van der Waals surface area contributed by atoms with E-state index in [0.717, 1.165) is 95.7 Å². The molecule has 6 aliphatic rings. The first-order chi connectivity index (χ1) is 31.5. The molecule has 1 aromatic heterocycles. The SMILES string of the molecule is COC(=O)N[C@H]1CCC[C@@H]1[C@](Cn1ccnn1)(c1cccc(F)c1)C1CCN(CC2CN(c3ccc(S(=O)(=O)C4CN(C(=O)/C=C/CN5CCCCC5)C4)c(CN4CC(F)C4)c3)C2)CC1. The van der Waals surface area contributed by atoms with E-state index in [9.17, 15) is 22.4 Å². The molecule has 6 heterocycles. The zero-order chi connectivity index (χ0) is 45.1. The van der Waals surface area contributed by atoms with Crippen LogP contribution in [-0.2, 0) is 37.9 Å². The maximum absolute atomic E-state index is 15.1. The summed E-state index contributed by atoms with van der Waals surface area (Å²) in [6.07, 6.45) is 13.7.